The monoisotopic (exact) mass is 330 g/mol. The lowest BCUT2D eigenvalue weighted by Gasteiger charge is -2.04. The van der Waals surface area contributed by atoms with Crippen LogP contribution in [0.3, 0.4) is 0 Å². The van der Waals surface area contributed by atoms with Crippen molar-refractivity contribution in [2.75, 3.05) is 0 Å². The second-order valence-corrected chi connectivity index (χ2v) is 5.17. The molecule has 0 N–H and O–H groups in total. The average molecular weight is 331 g/mol. The van der Waals surface area contributed by atoms with Crippen molar-refractivity contribution < 1.29 is 9.21 Å². The topological polar surface area (TPSA) is 48.0 Å². The molecule has 0 aliphatic rings. The number of carbonyl (C=O) groups excluding carboxylic acids is 1. The molecule has 0 unspecified atom stereocenters. The van der Waals surface area contributed by atoms with Gasteiger partial charge in [0.2, 0.25) is 0 Å². The van der Waals surface area contributed by atoms with Gasteiger partial charge in [0.25, 0.3) is 0 Å². The van der Waals surface area contributed by atoms with Crippen molar-refractivity contribution in [1.82, 2.24) is 9.78 Å². The predicted molar refractivity (Wildman–Crippen MR) is 79.1 cm³/mol. The van der Waals surface area contributed by atoms with E-state index in [1.807, 2.05) is 31.2 Å². The van der Waals surface area contributed by atoms with Crippen molar-refractivity contribution >= 4 is 22.2 Å². The molecule has 0 spiro atoms. The van der Waals surface area contributed by atoms with E-state index in [4.69, 9.17) is 4.42 Å². The largest absolute Gasteiger partial charge is 0.448 e. The Hall–Kier alpha value is -2.14. The van der Waals surface area contributed by atoms with Crippen LogP contribution in [0.5, 0.6) is 0 Å². The summed E-state index contributed by atoms with van der Waals surface area (Å²) in [7, 11) is 0. The molecule has 0 saturated carbocycles. The van der Waals surface area contributed by atoms with Crippen molar-refractivity contribution in [3.63, 3.8) is 0 Å². The van der Waals surface area contributed by atoms with Crippen LogP contribution in [0.1, 0.15) is 15.9 Å². The number of halogens is 1. The van der Waals surface area contributed by atoms with Gasteiger partial charge < -0.3 is 4.42 Å². The molecule has 0 fully saturated rings. The van der Waals surface area contributed by atoms with E-state index in [1.165, 1.54) is 0 Å². The number of para-hydroxylation sites is 1. The standard InChI is InChI=1S/C15H11BrN2O2/c1-10-4-2-3-5-12(10)18-8-11(9-19)15(17-18)13-6-7-14(16)20-13/h2-9H,1H3. The number of aldehydes is 1. The molecular weight excluding hydrogens is 320 g/mol. The Morgan fingerprint density at radius 2 is 2.05 bits per heavy atom. The van der Waals surface area contributed by atoms with E-state index in [2.05, 4.69) is 21.0 Å². The lowest BCUT2D eigenvalue weighted by atomic mass is 10.2. The maximum absolute atomic E-state index is 11.2. The van der Waals surface area contributed by atoms with Gasteiger partial charge >= 0.3 is 0 Å². The quantitative estimate of drug-likeness (QED) is 0.681. The molecule has 20 heavy (non-hydrogen) atoms. The first-order valence-corrected chi connectivity index (χ1v) is 6.85. The van der Waals surface area contributed by atoms with E-state index >= 15 is 0 Å². The Bertz CT molecular complexity index is 774. The lowest BCUT2D eigenvalue weighted by Crippen LogP contribution is -1.97. The van der Waals surface area contributed by atoms with Crippen LogP contribution in [-0.4, -0.2) is 16.1 Å². The van der Waals surface area contributed by atoms with Gasteiger partial charge in [0.05, 0.1) is 11.3 Å². The first-order valence-electron chi connectivity index (χ1n) is 6.05. The number of hydrogen-bond acceptors (Lipinski definition) is 3. The van der Waals surface area contributed by atoms with Gasteiger partial charge in [-0.1, -0.05) is 18.2 Å². The van der Waals surface area contributed by atoms with Crippen LogP contribution in [0.25, 0.3) is 17.1 Å². The number of aromatic nitrogens is 2. The van der Waals surface area contributed by atoms with Gasteiger partial charge in [0, 0.05) is 6.20 Å². The molecule has 3 aromatic rings. The minimum atomic E-state index is 0.495. The van der Waals surface area contributed by atoms with E-state index in [1.54, 1.807) is 23.0 Å². The molecular formula is C15H11BrN2O2. The van der Waals surface area contributed by atoms with Crippen LogP contribution in [0, 0.1) is 6.92 Å². The number of furan rings is 1. The predicted octanol–water partition coefficient (Wildman–Crippen LogP) is 4.02. The highest BCUT2D eigenvalue weighted by molar-refractivity contribution is 9.10. The molecule has 0 bridgehead atoms. The first kappa shape index (κ1) is 12.9. The summed E-state index contributed by atoms with van der Waals surface area (Å²) in [5, 5.41) is 4.47. The zero-order chi connectivity index (χ0) is 14.1. The molecule has 0 saturated heterocycles. The fourth-order valence-corrected chi connectivity index (χ4v) is 2.36. The molecule has 1 aromatic carbocycles. The van der Waals surface area contributed by atoms with Crippen molar-refractivity contribution in [3.05, 3.63) is 58.4 Å². The Labute approximate surface area is 124 Å². The number of rotatable bonds is 3. The second-order valence-electron chi connectivity index (χ2n) is 4.39. The minimum Gasteiger partial charge on any atom is -0.448 e. The normalized spacial score (nSPS) is 10.7. The fourth-order valence-electron chi connectivity index (χ4n) is 2.05. The van der Waals surface area contributed by atoms with E-state index in [0.717, 1.165) is 17.5 Å². The molecule has 3 rings (SSSR count). The van der Waals surface area contributed by atoms with Crippen molar-refractivity contribution in [3.8, 4) is 17.1 Å². The Morgan fingerprint density at radius 1 is 1.25 bits per heavy atom. The zero-order valence-corrected chi connectivity index (χ0v) is 12.3. The van der Waals surface area contributed by atoms with Gasteiger partial charge in [-0.3, -0.25) is 4.79 Å². The average Bonchev–Trinajstić information content (AvgIpc) is 3.05. The van der Waals surface area contributed by atoms with Gasteiger partial charge in [-0.15, -0.1) is 0 Å². The third-order valence-electron chi connectivity index (χ3n) is 3.04. The Kier molecular flexibility index (Phi) is 3.28. The highest BCUT2D eigenvalue weighted by Gasteiger charge is 2.15. The smallest absolute Gasteiger partial charge is 0.169 e. The van der Waals surface area contributed by atoms with Gasteiger partial charge in [0.15, 0.2) is 16.7 Å². The van der Waals surface area contributed by atoms with Crippen LogP contribution < -0.4 is 0 Å². The van der Waals surface area contributed by atoms with Crippen molar-refractivity contribution in [2.24, 2.45) is 0 Å². The van der Waals surface area contributed by atoms with Gasteiger partial charge in [-0.05, 0) is 46.6 Å². The molecule has 2 aromatic heterocycles. The molecule has 100 valence electrons. The van der Waals surface area contributed by atoms with Crippen LogP contribution in [0.2, 0.25) is 0 Å². The summed E-state index contributed by atoms with van der Waals surface area (Å²) < 4.78 is 7.78. The highest BCUT2D eigenvalue weighted by atomic mass is 79.9. The fraction of sp³-hybridized carbons (Fsp3) is 0.0667. The molecule has 0 aliphatic heterocycles. The lowest BCUT2D eigenvalue weighted by molar-refractivity contribution is 0.112. The van der Waals surface area contributed by atoms with E-state index in [-0.39, 0.29) is 0 Å². The highest BCUT2D eigenvalue weighted by Crippen LogP contribution is 2.27. The third kappa shape index (κ3) is 2.20. The van der Waals surface area contributed by atoms with Gasteiger partial charge in [-0.2, -0.15) is 5.10 Å². The van der Waals surface area contributed by atoms with Crippen LogP contribution in [-0.2, 0) is 0 Å². The van der Waals surface area contributed by atoms with Gasteiger partial charge in [0.1, 0.15) is 5.69 Å². The summed E-state index contributed by atoms with van der Waals surface area (Å²) in [5.41, 5.74) is 3.05. The summed E-state index contributed by atoms with van der Waals surface area (Å²) in [5.74, 6) is 0.561. The second kappa shape index (κ2) is 5.09. The Morgan fingerprint density at radius 3 is 2.70 bits per heavy atom. The summed E-state index contributed by atoms with van der Waals surface area (Å²) in [6.07, 6.45) is 2.49. The number of hydrogen-bond donors (Lipinski definition) is 0. The first-order chi connectivity index (χ1) is 9.69. The molecule has 0 radical (unpaired) electrons. The third-order valence-corrected chi connectivity index (χ3v) is 3.46. The molecule has 0 amide bonds. The SMILES string of the molecule is Cc1ccccc1-n1cc(C=O)c(-c2ccc(Br)o2)n1. The Balaban J connectivity index is 2.14. The van der Waals surface area contributed by atoms with Gasteiger partial charge in [-0.25, -0.2) is 4.68 Å². The summed E-state index contributed by atoms with van der Waals surface area (Å²) in [6, 6.07) is 11.4. The number of carbonyl (C=O) groups is 1. The van der Waals surface area contributed by atoms with E-state index in [0.29, 0.717) is 21.7 Å². The molecule has 0 aliphatic carbocycles. The zero-order valence-electron chi connectivity index (χ0n) is 10.7. The summed E-state index contributed by atoms with van der Waals surface area (Å²) in [6.45, 7) is 2.00. The van der Waals surface area contributed by atoms with Crippen LogP contribution in [0.15, 0.2) is 51.7 Å². The summed E-state index contributed by atoms with van der Waals surface area (Å²) in [4.78, 5) is 11.2. The van der Waals surface area contributed by atoms with Crippen molar-refractivity contribution in [1.29, 1.82) is 0 Å². The number of nitrogens with zero attached hydrogens (tertiary/aromatic N) is 2. The van der Waals surface area contributed by atoms with Crippen LogP contribution in [0.4, 0.5) is 0 Å². The molecule has 5 heteroatoms. The maximum Gasteiger partial charge on any atom is 0.169 e. The maximum atomic E-state index is 11.2. The van der Waals surface area contributed by atoms with E-state index in [9.17, 15) is 4.79 Å². The molecule has 2 heterocycles. The van der Waals surface area contributed by atoms with Crippen molar-refractivity contribution in [2.45, 2.75) is 6.92 Å². The number of aryl methyl sites for hydroxylation is 1. The minimum absolute atomic E-state index is 0.495. The molecule has 4 nitrogen and oxygen atoms in total. The van der Waals surface area contributed by atoms with Crippen LogP contribution >= 0.6 is 15.9 Å². The summed E-state index contributed by atoms with van der Waals surface area (Å²) >= 11 is 3.25. The molecule has 0 atom stereocenters. The van der Waals surface area contributed by atoms with E-state index < -0.39 is 0 Å². The number of benzene rings is 1.